The summed E-state index contributed by atoms with van der Waals surface area (Å²) in [6, 6.07) is 12.1. The Morgan fingerprint density at radius 1 is 1.08 bits per heavy atom. The molecule has 0 aromatic heterocycles. The number of piperidine rings is 1. The lowest BCUT2D eigenvalue weighted by atomic mass is 9.90. The molecule has 1 aliphatic rings. The molecule has 5 nitrogen and oxygen atoms in total. The first kappa shape index (κ1) is 20.2. The van der Waals surface area contributed by atoms with Gasteiger partial charge in [0.2, 0.25) is 0 Å². The fourth-order valence-corrected chi connectivity index (χ4v) is 3.51. The third-order valence-electron chi connectivity index (χ3n) is 4.21. The van der Waals surface area contributed by atoms with Gasteiger partial charge in [-0.15, -0.1) is 0 Å². The number of ketones is 1. The van der Waals surface area contributed by atoms with Gasteiger partial charge in [0.15, 0.2) is 5.78 Å². The van der Waals surface area contributed by atoms with Crippen molar-refractivity contribution in [2.75, 3.05) is 13.1 Å². The van der Waals surface area contributed by atoms with Crippen molar-refractivity contribution in [3.8, 4) is 0 Å². The van der Waals surface area contributed by atoms with Crippen LogP contribution >= 0.6 is 0 Å². The fourth-order valence-electron chi connectivity index (χ4n) is 2.78. The van der Waals surface area contributed by atoms with Crippen LogP contribution in [0.3, 0.4) is 0 Å². The van der Waals surface area contributed by atoms with Crippen LogP contribution in [0.2, 0.25) is 0 Å². The SMILES string of the molecule is Cc1ccccc1S(=O)(=O)O.O=C(c1ccc(F)cc1)C1CCNCC1. The fraction of sp³-hybridized carbons (Fsp3) is 0.316. The van der Waals surface area contributed by atoms with E-state index in [0.29, 0.717) is 11.1 Å². The predicted octanol–water partition coefficient (Wildman–Crippen LogP) is 3.25. The highest BCUT2D eigenvalue weighted by molar-refractivity contribution is 7.85. The zero-order chi connectivity index (χ0) is 19.2. The summed E-state index contributed by atoms with van der Waals surface area (Å²) in [4.78, 5) is 11.9. The number of benzene rings is 2. The van der Waals surface area contributed by atoms with E-state index in [1.165, 1.54) is 18.2 Å². The first-order chi connectivity index (χ1) is 12.3. The van der Waals surface area contributed by atoms with Gasteiger partial charge >= 0.3 is 0 Å². The maximum atomic E-state index is 12.7. The largest absolute Gasteiger partial charge is 0.317 e. The summed E-state index contributed by atoms with van der Waals surface area (Å²) in [6.45, 7) is 3.43. The number of rotatable bonds is 3. The quantitative estimate of drug-likeness (QED) is 0.632. The summed E-state index contributed by atoms with van der Waals surface area (Å²) in [6.07, 6.45) is 1.77. The summed E-state index contributed by atoms with van der Waals surface area (Å²) in [5, 5.41) is 3.22. The van der Waals surface area contributed by atoms with Crippen LogP contribution in [0, 0.1) is 18.7 Å². The van der Waals surface area contributed by atoms with Gasteiger partial charge in [-0.05, 0) is 68.8 Å². The van der Waals surface area contributed by atoms with E-state index in [-0.39, 0.29) is 22.4 Å². The summed E-state index contributed by atoms with van der Waals surface area (Å²) < 4.78 is 42.5. The van der Waals surface area contributed by atoms with Gasteiger partial charge in [0, 0.05) is 11.5 Å². The van der Waals surface area contributed by atoms with Crippen LogP contribution in [-0.4, -0.2) is 31.8 Å². The molecule has 1 saturated heterocycles. The first-order valence-corrected chi connectivity index (χ1v) is 9.76. The number of hydrogen-bond donors (Lipinski definition) is 2. The Hall–Kier alpha value is -2.09. The zero-order valence-electron chi connectivity index (χ0n) is 14.5. The van der Waals surface area contributed by atoms with Gasteiger partial charge in [0.25, 0.3) is 10.1 Å². The van der Waals surface area contributed by atoms with Crippen LogP contribution in [0.1, 0.15) is 28.8 Å². The van der Waals surface area contributed by atoms with Crippen molar-refractivity contribution < 1.29 is 22.2 Å². The summed E-state index contributed by atoms with van der Waals surface area (Å²) >= 11 is 0. The summed E-state index contributed by atoms with van der Waals surface area (Å²) in [7, 11) is -4.03. The van der Waals surface area contributed by atoms with Crippen LogP contribution in [0.15, 0.2) is 53.4 Å². The summed E-state index contributed by atoms with van der Waals surface area (Å²) in [5.41, 5.74) is 1.18. The Labute approximate surface area is 153 Å². The second kappa shape index (κ2) is 9.02. The van der Waals surface area contributed by atoms with Crippen molar-refractivity contribution in [1.29, 1.82) is 0 Å². The Morgan fingerprint density at radius 2 is 1.65 bits per heavy atom. The molecule has 0 aliphatic carbocycles. The van der Waals surface area contributed by atoms with E-state index in [2.05, 4.69) is 5.32 Å². The van der Waals surface area contributed by atoms with E-state index in [0.717, 1.165) is 25.9 Å². The molecule has 0 amide bonds. The monoisotopic (exact) mass is 379 g/mol. The van der Waals surface area contributed by atoms with Crippen LogP contribution in [0.25, 0.3) is 0 Å². The van der Waals surface area contributed by atoms with Crippen molar-refractivity contribution >= 4 is 15.9 Å². The lowest BCUT2D eigenvalue weighted by Crippen LogP contribution is -2.31. The Kier molecular flexibility index (Phi) is 7.02. The minimum Gasteiger partial charge on any atom is -0.317 e. The predicted molar refractivity (Wildman–Crippen MR) is 97.3 cm³/mol. The number of aryl methyl sites for hydroxylation is 1. The average molecular weight is 379 g/mol. The number of hydrogen-bond acceptors (Lipinski definition) is 4. The topological polar surface area (TPSA) is 83.5 Å². The van der Waals surface area contributed by atoms with Crippen molar-refractivity contribution in [2.45, 2.75) is 24.7 Å². The third kappa shape index (κ3) is 5.72. The van der Waals surface area contributed by atoms with Gasteiger partial charge in [-0.25, -0.2) is 4.39 Å². The van der Waals surface area contributed by atoms with Crippen molar-refractivity contribution in [3.05, 3.63) is 65.5 Å². The van der Waals surface area contributed by atoms with Gasteiger partial charge in [0.05, 0.1) is 4.90 Å². The van der Waals surface area contributed by atoms with E-state index in [1.807, 2.05) is 0 Å². The van der Waals surface area contributed by atoms with Crippen molar-refractivity contribution in [1.82, 2.24) is 5.32 Å². The zero-order valence-corrected chi connectivity index (χ0v) is 15.3. The molecule has 1 heterocycles. The average Bonchev–Trinajstić information content (AvgIpc) is 2.62. The number of nitrogens with one attached hydrogen (secondary N) is 1. The lowest BCUT2D eigenvalue weighted by Gasteiger charge is -2.21. The lowest BCUT2D eigenvalue weighted by molar-refractivity contribution is 0.0895. The van der Waals surface area contributed by atoms with E-state index < -0.39 is 10.1 Å². The normalized spacial score (nSPS) is 15.0. The smallest absolute Gasteiger partial charge is 0.294 e. The molecule has 26 heavy (non-hydrogen) atoms. The van der Waals surface area contributed by atoms with Gasteiger partial charge in [0.1, 0.15) is 5.82 Å². The maximum absolute atomic E-state index is 12.7. The molecular formula is C19H22FNO4S. The number of Topliss-reactive ketones (excluding diaryl/α,β-unsaturated/α-hetero) is 1. The minimum atomic E-state index is -4.03. The van der Waals surface area contributed by atoms with E-state index >= 15 is 0 Å². The molecule has 1 fully saturated rings. The molecule has 140 valence electrons. The number of carbonyl (C=O) groups excluding carboxylic acids is 1. The molecule has 2 N–H and O–H groups in total. The standard InChI is InChI=1S/C12H14FNO.C7H8O3S/c13-11-3-1-9(2-4-11)12(15)10-5-7-14-8-6-10;1-6-4-2-3-5-7(6)11(8,9)10/h1-4,10,14H,5-8H2;2-5H,1H3,(H,8,9,10). The molecule has 0 radical (unpaired) electrons. The van der Waals surface area contributed by atoms with Crippen molar-refractivity contribution in [2.24, 2.45) is 5.92 Å². The molecule has 0 bridgehead atoms. The van der Waals surface area contributed by atoms with Gasteiger partial charge in [-0.2, -0.15) is 8.42 Å². The molecule has 0 unspecified atom stereocenters. The molecular weight excluding hydrogens is 357 g/mol. The molecule has 2 aromatic carbocycles. The maximum Gasteiger partial charge on any atom is 0.294 e. The summed E-state index contributed by atoms with van der Waals surface area (Å²) in [5.74, 6) is -0.0370. The molecule has 0 atom stereocenters. The van der Waals surface area contributed by atoms with E-state index in [1.54, 1.807) is 37.3 Å². The first-order valence-electron chi connectivity index (χ1n) is 8.32. The molecule has 0 saturated carbocycles. The van der Waals surface area contributed by atoms with Crippen LogP contribution in [0.4, 0.5) is 4.39 Å². The molecule has 1 aliphatic heterocycles. The second-order valence-corrected chi connectivity index (χ2v) is 7.53. The molecule has 0 spiro atoms. The van der Waals surface area contributed by atoms with Gasteiger partial charge < -0.3 is 5.32 Å². The van der Waals surface area contributed by atoms with Gasteiger partial charge in [-0.3, -0.25) is 9.35 Å². The highest BCUT2D eigenvalue weighted by atomic mass is 32.2. The van der Waals surface area contributed by atoms with E-state index in [4.69, 9.17) is 4.55 Å². The van der Waals surface area contributed by atoms with E-state index in [9.17, 15) is 17.6 Å². The highest BCUT2D eigenvalue weighted by Gasteiger charge is 2.21. The molecule has 2 aromatic rings. The number of halogens is 1. The van der Waals surface area contributed by atoms with Gasteiger partial charge in [-0.1, -0.05) is 18.2 Å². The molecule has 3 rings (SSSR count). The Bertz CT molecular complexity index is 844. The highest BCUT2D eigenvalue weighted by Crippen LogP contribution is 2.18. The minimum absolute atomic E-state index is 0.0278. The number of carbonyl (C=O) groups is 1. The second-order valence-electron chi connectivity index (χ2n) is 6.14. The Balaban J connectivity index is 0.000000197. The van der Waals surface area contributed by atoms with Crippen LogP contribution < -0.4 is 5.32 Å². The molecule has 7 heteroatoms. The van der Waals surface area contributed by atoms with Crippen LogP contribution in [-0.2, 0) is 10.1 Å². The van der Waals surface area contributed by atoms with Crippen molar-refractivity contribution in [3.63, 3.8) is 0 Å². The van der Waals surface area contributed by atoms with Crippen LogP contribution in [0.5, 0.6) is 0 Å². The Morgan fingerprint density at radius 3 is 2.15 bits per heavy atom. The third-order valence-corrected chi connectivity index (χ3v) is 5.22.